The summed E-state index contributed by atoms with van der Waals surface area (Å²) in [6.45, 7) is 6.96. The van der Waals surface area contributed by atoms with Gasteiger partial charge in [-0.1, -0.05) is 12.8 Å². The van der Waals surface area contributed by atoms with Gasteiger partial charge in [0.05, 0.1) is 18.3 Å². The normalized spacial score (nSPS) is 16.1. The van der Waals surface area contributed by atoms with E-state index in [9.17, 15) is 4.79 Å². The molecule has 7 heteroatoms. The molecule has 23 heavy (non-hydrogen) atoms. The van der Waals surface area contributed by atoms with Crippen molar-refractivity contribution >= 4 is 23.3 Å². The van der Waals surface area contributed by atoms with Crippen LogP contribution >= 0.6 is 11.3 Å². The largest absolute Gasteiger partial charge is 0.462 e. The fourth-order valence-electron chi connectivity index (χ4n) is 2.25. The average molecular weight is 338 g/mol. The molecule has 0 radical (unpaired) electrons. The van der Waals surface area contributed by atoms with Gasteiger partial charge in [0.1, 0.15) is 9.88 Å². The first-order chi connectivity index (χ1) is 11.0. The summed E-state index contributed by atoms with van der Waals surface area (Å²) in [5.74, 6) is 1.36. The highest BCUT2D eigenvalue weighted by atomic mass is 32.1. The number of aliphatic imine (C=N–C) groups is 1. The van der Waals surface area contributed by atoms with Crippen LogP contribution in [0.15, 0.2) is 4.99 Å². The fraction of sp³-hybridized carbons (Fsp3) is 0.688. The minimum atomic E-state index is -0.298. The van der Waals surface area contributed by atoms with Gasteiger partial charge in [-0.2, -0.15) is 0 Å². The van der Waals surface area contributed by atoms with Crippen molar-refractivity contribution in [3.63, 3.8) is 0 Å². The zero-order valence-electron chi connectivity index (χ0n) is 14.3. The maximum atomic E-state index is 11.9. The number of ether oxygens (including phenoxy) is 1. The highest BCUT2D eigenvalue weighted by Gasteiger charge is 2.21. The molecule has 0 aromatic carbocycles. The predicted octanol–water partition coefficient (Wildman–Crippen LogP) is 2.65. The van der Waals surface area contributed by atoms with Crippen LogP contribution < -0.4 is 10.6 Å². The molecule has 1 unspecified atom stereocenters. The van der Waals surface area contributed by atoms with Crippen LogP contribution in [0.2, 0.25) is 0 Å². The van der Waals surface area contributed by atoms with Gasteiger partial charge in [0.2, 0.25) is 0 Å². The van der Waals surface area contributed by atoms with E-state index in [0.29, 0.717) is 17.2 Å². The second kappa shape index (κ2) is 8.29. The highest BCUT2D eigenvalue weighted by Crippen LogP contribution is 2.31. The summed E-state index contributed by atoms with van der Waals surface area (Å²) >= 11 is 1.38. The van der Waals surface area contributed by atoms with Gasteiger partial charge in [0.15, 0.2) is 5.96 Å². The van der Waals surface area contributed by atoms with Crippen LogP contribution in [0.25, 0.3) is 0 Å². The predicted molar refractivity (Wildman–Crippen MR) is 93.1 cm³/mol. The molecule has 0 amide bonds. The molecule has 1 aromatic heterocycles. The smallest absolute Gasteiger partial charge is 0.350 e. The number of aryl methyl sites for hydroxylation is 1. The molecule has 0 aliphatic heterocycles. The van der Waals surface area contributed by atoms with Crippen molar-refractivity contribution in [3.8, 4) is 0 Å². The molecular weight excluding hydrogens is 312 g/mol. The molecule has 1 aliphatic carbocycles. The number of aromatic nitrogens is 1. The van der Waals surface area contributed by atoms with E-state index in [2.05, 4.69) is 20.6 Å². The SMILES string of the molecule is CCOC(=O)c1sc(C(C)NC(=NC)NCCC2CC2)nc1C. The van der Waals surface area contributed by atoms with E-state index in [1.165, 1.54) is 30.6 Å². The Morgan fingerprint density at radius 1 is 1.52 bits per heavy atom. The van der Waals surface area contributed by atoms with Crippen LogP contribution in [0.3, 0.4) is 0 Å². The van der Waals surface area contributed by atoms with E-state index in [1.807, 2.05) is 13.8 Å². The number of hydrogen-bond donors (Lipinski definition) is 2. The fourth-order valence-corrected chi connectivity index (χ4v) is 3.21. The first-order valence-electron chi connectivity index (χ1n) is 8.16. The van der Waals surface area contributed by atoms with Crippen molar-refractivity contribution in [1.29, 1.82) is 0 Å². The Labute approximate surface area is 141 Å². The maximum Gasteiger partial charge on any atom is 0.350 e. The molecule has 1 aromatic rings. The molecule has 1 heterocycles. The van der Waals surface area contributed by atoms with Crippen LogP contribution in [-0.2, 0) is 4.74 Å². The van der Waals surface area contributed by atoms with Crippen molar-refractivity contribution in [1.82, 2.24) is 15.6 Å². The molecule has 0 spiro atoms. The summed E-state index contributed by atoms with van der Waals surface area (Å²) in [5, 5.41) is 7.51. The van der Waals surface area contributed by atoms with Gasteiger partial charge >= 0.3 is 5.97 Å². The Hall–Kier alpha value is -1.63. The summed E-state index contributed by atoms with van der Waals surface area (Å²) < 4.78 is 5.06. The summed E-state index contributed by atoms with van der Waals surface area (Å²) in [7, 11) is 1.76. The highest BCUT2D eigenvalue weighted by molar-refractivity contribution is 7.13. The van der Waals surface area contributed by atoms with E-state index in [4.69, 9.17) is 4.74 Å². The summed E-state index contributed by atoms with van der Waals surface area (Å²) in [5.41, 5.74) is 0.716. The number of guanidine groups is 1. The quantitative estimate of drug-likeness (QED) is 0.454. The van der Waals surface area contributed by atoms with E-state index in [0.717, 1.165) is 23.4 Å². The van der Waals surface area contributed by atoms with E-state index in [-0.39, 0.29) is 12.0 Å². The molecule has 1 aliphatic rings. The molecule has 1 saturated carbocycles. The second-order valence-corrected chi connectivity index (χ2v) is 6.81. The minimum Gasteiger partial charge on any atom is -0.462 e. The van der Waals surface area contributed by atoms with Crippen LogP contribution in [0.5, 0.6) is 0 Å². The third-order valence-electron chi connectivity index (χ3n) is 3.76. The van der Waals surface area contributed by atoms with Gasteiger partial charge in [-0.25, -0.2) is 9.78 Å². The summed E-state index contributed by atoms with van der Waals surface area (Å²) in [6.07, 6.45) is 3.91. The van der Waals surface area contributed by atoms with E-state index >= 15 is 0 Å². The van der Waals surface area contributed by atoms with Crippen LogP contribution in [0.1, 0.15) is 59.5 Å². The zero-order chi connectivity index (χ0) is 16.8. The second-order valence-electron chi connectivity index (χ2n) is 5.78. The molecule has 1 atom stereocenters. The molecule has 6 nitrogen and oxygen atoms in total. The Morgan fingerprint density at radius 3 is 2.87 bits per heavy atom. The molecule has 2 N–H and O–H groups in total. The first kappa shape index (κ1) is 17.7. The van der Waals surface area contributed by atoms with Gasteiger partial charge in [-0.05, 0) is 33.1 Å². The summed E-state index contributed by atoms with van der Waals surface area (Å²) in [4.78, 5) is 21.2. The van der Waals surface area contributed by atoms with Crippen molar-refractivity contribution in [3.05, 3.63) is 15.6 Å². The Kier molecular flexibility index (Phi) is 6.38. The lowest BCUT2D eigenvalue weighted by Crippen LogP contribution is -2.39. The number of hydrogen-bond acceptors (Lipinski definition) is 5. The van der Waals surface area contributed by atoms with Crippen molar-refractivity contribution in [2.45, 2.75) is 46.1 Å². The van der Waals surface area contributed by atoms with Crippen molar-refractivity contribution < 1.29 is 9.53 Å². The average Bonchev–Trinajstić information content (AvgIpc) is 3.26. The summed E-state index contributed by atoms with van der Waals surface area (Å²) in [6, 6.07) is -0.0194. The topological polar surface area (TPSA) is 75.6 Å². The number of nitrogens with zero attached hydrogens (tertiary/aromatic N) is 2. The van der Waals surface area contributed by atoms with Gasteiger partial charge in [0, 0.05) is 13.6 Å². The standard InChI is InChI=1S/C16H26N4O2S/c1-5-22-15(21)13-10(2)19-14(23-13)11(3)20-16(17-4)18-9-8-12-6-7-12/h11-12H,5-9H2,1-4H3,(H2,17,18,20). The van der Waals surface area contributed by atoms with Gasteiger partial charge in [-0.15, -0.1) is 11.3 Å². The van der Waals surface area contributed by atoms with Gasteiger partial charge in [0.25, 0.3) is 0 Å². The number of rotatable bonds is 7. The lowest BCUT2D eigenvalue weighted by molar-refractivity contribution is 0.0531. The first-order valence-corrected chi connectivity index (χ1v) is 8.98. The Bertz CT molecular complexity index is 566. The number of carbonyl (C=O) groups excluding carboxylic acids is 1. The number of carbonyl (C=O) groups is 1. The molecule has 128 valence electrons. The molecule has 2 rings (SSSR count). The zero-order valence-corrected chi connectivity index (χ0v) is 15.1. The van der Waals surface area contributed by atoms with Gasteiger partial charge < -0.3 is 15.4 Å². The van der Waals surface area contributed by atoms with Crippen molar-refractivity contribution in [2.75, 3.05) is 20.2 Å². The van der Waals surface area contributed by atoms with E-state index in [1.54, 1.807) is 14.0 Å². The third kappa shape index (κ3) is 5.20. The minimum absolute atomic E-state index is 0.0194. The molecule has 0 bridgehead atoms. The Morgan fingerprint density at radius 2 is 2.26 bits per heavy atom. The molecular formula is C16H26N4O2S. The lowest BCUT2D eigenvalue weighted by Gasteiger charge is -2.16. The van der Waals surface area contributed by atoms with Crippen LogP contribution in [0, 0.1) is 12.8 Å². The maximum absolute atomic E-state index is 11.9. The monoisotopic (exact) mass is 338 g/mol. The molecule has 0 saturated heterocycles. The van der Waals surface area contributed by atoms with Gasteiger partial charge in [-0.3, -0.25) is 4.99 Å². The number of thiazole rings is 1. The van der Waals surface area contributed by atoms with Crippen LogP contribution in [-0.4, -0.2) is 37.1 Å². The number of esters is 1. The van der Waals surface area contributed by atoms with Crippen molar-refractivity contribution in [2.24, 2.45) is 10.9 Å². The van der Waals surface area contributed by atoms with E-state index < -0.39 is 0 Å². The third-order valence-corrected chi connectivity index (χ3v) is 5.08. The Balaban J connectivity index is 1.91. The number of nitrogens with one attached hydrogen (secondary N) is 2. The lowest BCUT2D eigenvalue weighted by atomic mass is 10.3. The van der Waals surface area contributed by atoms with Crippen LogP contribution in [0.4, 0.5) is 0 Å². The molecule has 1 fully saturated rings.